The molecule has 1 aromatic rings. The van der Waals surface area contributed by atoms with Gasteiger partial charge in [-0.05, 0) is 31.0 Å². The van der Waals surface area contributed by atoms with Gasteiger partial charge in [-0.3, -0.25) is 9.89 Å². The summed E-state index contributed by atoms with van der Waals surface area (Å²) in [6.07, 6.45) is 5.72. The van der Waals surface area contributed by atoms with Gasteiger partial charge in [-0.1, -0.05) is 55.6 Å². The van der Waals surface area contributed by atoms with Crippen LogP contribution in [0.5, 0.6) is 0 Å². The molecule has 2 aliphatic rings. The van der Waals surface area contributed by atoms with Crippen LogP contribution in [0.4, 0.5) is 10.5 Å². The first-order valence-electron chi connectivity index (χ1n) is 8.20. The van der Waals surface area contributed by atoms with E-state index in [-0.39, 0.29) is 12.1 Å². The number of amides is 2. The van der Waals surface area contributed by atoms with Gasteiger partial charge in [0, 0.05) is 22.0 Å². The quantitative estimate of drug-likeness (QED) is 0.815. The Bertz CT molecular complexity index is 601. The molecule has 0 unspecified atom stereocenters. The van der Waals surface area contributed by atoms with Crippen LogP contribution in [0, 0.1) is 0 Å². The molecule has 124 valence electrons. The molecular formula is C17H22ClN3OS. The minimum Gasteiger partial charge on any atom is -0.307 e. The van der Waals surface area contributed by atoms with Crippen molar-refractivity contribution >= 4 is 40.2 Å². The molecule has 1 aliphatic carbocycles. The van der Waals surface area contributed by atoms with E-state index in [9.17, 15) is 4.79 Å². The number of halogens is 1. The Hall–Kier alpha value is -1.20. The van der Waals surface area contributed by atoms with Crippen molar-refractivity contribution in [3.63, 3.8) is 0 Å². The smallest absolute Gasteiger partial charge is 0.307 e. The molecule has 1 aliphatic heterocycles. The summed E-state index contributed by atoms with van der Waals surface area (Å²) in [7, 11) is 0. The molecule has 1 N–H and O–H groups in total. The normalized spacial score (nSPS) is 21.8. The summed E-state index contributed by atoms with van der Waals surface area (Å²) < 4.78 is 0. The number of carbonyl (C=O) groups excluding carboxylic acids is 1. The van der Waals surface area contributed by atoms with Gasteiger partial charge in [0.2, 0.25) is 0 Å². The van der Waals surface area contributed by atoms with Crippen LogP contribution in [0.25, 0.3) is 0 Å². The molecule has 6 heteroatoms. The maximum absolute atomic E-state index is 12.9. The van der Waals surface area contributed by atoms with Crippen LogP contribution in [-0.4, -0.2) is 33.9 Å². The Morgan fingerprint density at radius 3 is 2.78 bits per heavy atom. The van der Waals surface area contributed by atoms with Crippen LogP contribution < -0.4 is 5.32 Å². The molecule has 1 fully saturated rings. The second kappa shape index (κ2) is 7.58. The van der Waals surface area contributed by atoms with Crippen molar-refractivity contribution in [2.45, 2.75) is 50.3 Å². The first-order chi connectivity index (χ1) is 11.1. The second-order valence-electron chi connectivity index (χ2n) is 6.15. The maximum Gasteiger partial charge on any atom is 0.328 e. The van der Waals surface area contributed by atoms with Crippen molar-refractivity contribution in [3.05, 3.63) is 29.3 Å². The van der Waals surface area contributed by atoms with Gasteiger partial charge >= 0.3 is 6.03 Å². The fourth-order valence-electron chi connectivity index (χ4n) is 3.09. The average Bonchev–Trinajstić information content (AvgIpc) is 2.94. The summed E-state index contributed by atoms with van der Waals surface area (Å²) in [6.45, 7) is 2.93. The van der Waals surface area contributed by atoms with Crippen LogP contribution in [-0.2, 0) is 0 Å². The number of anilines is 1. The monoisotopic (exact) mass is 351 g/mol. The fraction of sp³-hybridized carbons (Fsp3) is 0.529. The van der Waals surface area contributed by atoms with E-state index in [0.717, 1.165) is 30.2 Å². The van der Waals surface area contributed by atoms with Crippen LogP contribution in [0.15, 0.2) is 29.3 Å². The van der Waals surface area contributed by atoms with Crippen molar-refractivity contribution in [1.29, 1.82) is 0 Å². The minimum atomic E-state index is -0.0977. The minimum absolute atomic E-state index is 0.0977. The highest BCUT2D eigenvalue weighted by Gasteiger charge is 2.32. The van der Waals surface area contributed by atoms with Crippen molar-refractivity contribution in [2.24, 2.45) is 4.99 Å². The van der Waals surface area contributed by atoms with E-state index >= 15 is 0 Å². The van der Waals surface area contributed by atoms with Crippen LogP contribution in [0.1, 0.15) is 39.0 Å². The molecule has 1 aromatic carbocycles. The highest BCUT2D eigenvalue weighted by atomic mass is 35.5. The zero-order valence-corrected chi connectivity index (χ0v) is 14.9. The number of aliphatic imine (C=N–C) groups is 1. The standard InChI is InChI=1S/C17H22ClN3OS/c1-12-11-19-17(23-12)21(15-8-3-2-4-9-15)16(22)20-14-7-5-6-13(18)10-14/h5-7,10,12,15H,2-4,8-9,11H2,1H3,(H,20,22)/t12-/m0/s1. The highest BCUT2D eigenvalue weighted by molar-refractivity contribution is 8.14. The third kappa shape index (κ3) is 4.21. The number of rotatable bonds is 2. The molecule has 1 saturated carbocycles. The van der Waals surface area contributed by atoms with E-state index in [1.54, 1.807) is 23.9 Å². The molecule has 1 heterocycles. The molecule has 1 atom stereocenters. The topological polar surface area (TPSA) is 44.7 Å². The van der Waals surface area contributed by atoms with E-state index in [1.165, 1.54) is 19.3 Å². The predicted molar refractivity (Wildman–Crippen MR) is 98.5 cm³/mol. The number of nitrogens with zero attached hydrogens (tertiary/aromatic N) is 2. The second-order valence-corrected chi connectivity index (χ2v) is 8.00. The zero-order chi connectivity index (χ0) is 16.2. The van der Waals surface area contributed by atoms with Crippen molar-refractivity contribution in [1.82, 2.24) is 4.90 Å². The third-order valence-electron chi connectivity index (χ3n) is 4.23. The number of carbonyl (C=O) groups is 1. The van der Waals surface area contributed by atoms with Crippen LogP contribution >= 0.6 is 23.4 Å². The summed E-state index contributed by atoms with van der Waals surface area (Å²) >= 11 is 7.71. The van der Waals surface area contributed by atoms with Crippen molar-refractivity contribution < 1.29 is 4.79 Å². The van der Waals surface area contributed by atoms with Gasteiger partial charge in [0.25, 0.3) is 0 Å². The van der Waals surface area contributed by atoms with Gasteiger partial charge in [-0.25, -0.2) is 4.79 Å². The lowest BCUT2D eigenvalue weighted by Gasteiger charge is -2.33. The Kier molecular flexibility index (Phi) is 5.49. The Labute approximate surface area is 146 Å². The molecule has 3 rings (SSSR count). The number of amidine groups is 1. The number of hydrogen-bond donors (Lipinski definition) is 1. The maximum atomic E-state index is 12.9. The van der Waals surface area contributed by atoms with Gasteiger partial charge in [0.15, 0.2) is 5.17 Å². The molecular weight excluding hydrogens is 330 g/mol. The molecule has 4 nitrogen and oxygen atoms in total. The number of thioether (sulfide) groups is 1. The predicted octanol–water partition coefficient (Wildman–Crippen LogP) is 5.00. The van der Waals surface area contributed by atoms with Gasteiger partial charge in [0.1, 0.15) is 0 Å². The van der Waals surface area contributed by atoms with E-state index in [0.29, 0.717) is 10.3 Å². The summed E-state index contributed by atoms with van der Waals surface area (Å²) in [5.74, 6) is 0. The van der Waals surface area contributed by atoms with Gasteiger partial charge in [-0.2, -0.15) is 0 Å². The van der Waals surface area contributed by atoms with Crippen molar-refractivity contribution in [3.8, 4) is 0 Å². The number of nitrogens with one attached hydrogen (secondary N) is 1. The molecule has 0 saturated heterocycles. The lowest BCUT2D eigenvalue weighted by atomic mass is 9.94. The van der Waals surface area contributed by atoms with E-state index in [1.807, 2.05) is 17.0 Å². The van der Waals surface area contributed by atoms with Crippen LogP contribution in [0.3, 0.4) is 0 Å². The average molecular weight is 352 g/mol. The Balaban J connectivity index is 1.77. The molecule has 0 radical (unpaired) electrons. The summed E-state index contributed by atoms with van der Waals surface area (Å²) in [4.78, 5) is 19.4. The summed E-state index contributed by atoms with van der Waals surface area (Å²) in [6, 6.07) is 7.42. The number of hydrogen-bond acceptors (Lipinski definition) is 3. The summed E-state index contributed by atoms with van der Waals surface area (Å²) in [5.41, 5.74) is 0.722. The van der Waals surface area contributed by atoms with Gasteiger partial charge in [-0.15, -0.1) is 0 Å². The highest BCUT2D eigenvalue weighted by Crippen LogP contribution is 2.30. The van der Waals surface area contributed by atoms with E-state index < -0.39 is 0 Å². The Morgan fingerprint density at radius 2 is 2.13 bits per heavy atom. The first kappa shape index (κ1) is 16.7. The first-order valence-corrected chi connectivity index (χ1v) is 9.46. The largest absolute Gasteiger partial charge is 0.328 e. The van der Waals surface area contributed by atoms with Crippen LogP contribution in [0.2, 0.25) is 5.02 Å². The molecule has 0 spiro atoms. The van der Waals surface area contributed by atoms with Gasteiger partial charge < -0.3 is 5.32 Å². The molecule has 0 aromatic heterocycles. The zero-order valence-electron chi connectivity index (χ0n) is 13.3. The summed E-state index contributed by atoms with van der Waals surface area (Å²) in [5, 5.41) is 4.90. The van der Waals surface area contributed by atoms with E-state index in [4.69, 9.17) is 11.6 Å². The lowest BCUT2D eigenvalue weighted by Crippen LogP contribution is -2.46. The SMILES string of the molecule is C[C@H]1CN=C(N(C(=O)Nc2cccc(Cl)c2)C2CCCCC2)S1. The van der Waals surface area contributed by atoms with E-state index in [2.05, 4.69) is 17.2 Å². The molecule has 2 amide bonds. The number of urea groups is 1. The van der Waals surface area contributed by atoms with Crippen molar-refractivity contribution in [2.75, 3.05) is 11.9 Å². The molecule has 23 heavy (non-hydrogen) atoms. The lowest BCUT2D eigenvalue weighted by molar-refractivity contribution is 0.209. The third-order valence-corrected chi connectivity index (χ3v) is 5.55. The fourth-order valence-corrected chi connectivity index (χ4v) is 4.29. The number of benzene rings is 1. The molecule has 0 bridgehead atoms. The van der Waals surface area contributed by atoms with Gasteiger partial charge in [0.05, 0.1) is 6.54 Å². The Morgan fingerprint density at radius 1 is 1.35 bits per heavy atom.